The summed E-state index contributed by atoms with van der Waals surface area (Å²) in [5.74, 6) is -6.15. The van der Waals surface area contributed by atoms with Crippen molar-refractivity contribution in [1.82, 2.24) is 26.6 Å². The van der Waals surface area contributed by atoms with Crippen LogP contribution >= 0.6 is 0 Å². The van der Waals surface area contributed by atoms with Gasteiger partial charge in [-0.15, -0.1) is 0 Å². The predicted molar refractivity (Wildman–Crippen MR) is 188 cm³/mol. The number of aliphatic carboxylic acids is 1. The number of rotatable bonds is 25. The summed E-state index contributed by atoms with van der Waals surface area (Å²) >= 11 is 0. The van der Waals surface area contributed by atoms with Crippen LogP contribution in [-0.2, 0) is 28.8 Å². The summed E-state index contributed by atoms with van der Waals surface area (Å²) in [4.78, 5) is 84.5. The number of aliphatic imine (C=N–C) groups is 2. The lowest BCUT2D eigenvalue weighted by Gasteiger charge is -2.27. The average Bonchev–Trinajstić information content (AvgIpc) is 3.03. The Hall–Kier alpha value is -4.76. The van der Waals surface area contributed by atoms with Gasteiger partial charge in [-0.05, 0) is 50.4 Å². The minimum atomic E-state index is -1.64. The molecule has 0 aliphatic carbocycles. The lowest BCUT2D eigenvalue weighted by atomic mass is 10.0. The Balaban J connectivity index is 5.61. The number of carbonyl (C=O) groups excluding carboxylic acids is 5. The van der Waals surface area contributed by atoms with Gasteiger partial charge in [0.05, 0.1) is 19.3 Å². The van der Waals surface area contributed by atoms with E-state index in [1.54, 1.807) is 27.7 Å². The first-order valence-electron chi connectivity index (χ1n) is 16.6. The van der Waals surface area contributed by atoms with Gasteiger partial charge in [-0.25, -0.2) is 4.79 Å². The first-order valence-corrected chi connectivity index (χ1v) is 16.6. The fourth-order valence-electron chi connectivity index (χ4n) is 4.57. The fraction of sp³-hybridized carbons (Fsp3) is 0.733. The first-order chi connectivity index (χ1) is 23.8. The van der Waals surface area contributed by atoms with E-state index in [-0.39, 0.29) is 68.9 Å². The van der Waals surface area contributed by atoms with Crippen LogP contribution < -0.4 is 55.3 Å². The van der Waals surface area contributed by atoms with E-state index in [9.17, 15) is 44.1 Å². The molecule has 0 bridgehead atoms. The van der Waals surface area contributed by atoms with Gasteiger partial charge in [-0.2, -0.15) is 0 Å². The van der Waals surface area contributed by atoms with Crippen molar-refractivity contribution in [3.8, 4) is 0 Å². The van der Waals surface area contributed by atoms with Crippen LogP contribution in [0.3, 0.4) is 0 Å². The third kappa shape index (κ3) is 19.9. The molecule has 21 heteroatoms. The van der Waals surface area contributed by atoms with E-state index in [0.29, 0.717) is 6.42 Å². The number of carbonyl (C=O) groups is 6. The van der Waals surface area contributed by atoms with Gasteiger partial charge in [0.1, 0.15) is 30.2 Å². The standard InChI is InChI=1S/C30H58N12O9/c1-15(2)11-19(39-23(45)17(31)7-5-9-36-29(32)33)25(47)41-22(14-44)27(49)42-21(13-43)26(48)40-20(12-16(3)4)24(46)38-18(28(50)51)8-6-10-37-30(34)35/h15-22,43-44H,5-14,31H2,1-4H3,(H,38,46)(H,39,45)(H,40,48)(H,41,47)(H,42,49)(H,50,51)(H4,32,33,36)(H4,34,35,37)/t17-,18-,19-,20-,21-,22-/m0/s1. The Morgan fingerprint density at radius 1 is 0.549 bits per heavy atom. The van der Waals surface area contributed by atoms with Crippen molar-refractivity contribution in [3.05, 3.63) is 0 Å². The molecular weight excluding hydrogens is 672 g/mol. The van der Waals surface area contributed by atoms with Gasteiger partial charge in [0.25, 0.3) is 0 Å². The highest BCUT2D eigenvalue weighted by Crippen LogP contribution is 2.09. The highest BCUT2D eigenvalue weighted by atomic mass is 16.4. The monoisotopic (exact) mass is 730 g/mol. The highest BCUT2D eigenvalue weighted by Gasteiger charge is 2.33. The summed E-state index contributed by atoms with van der Waals surface area (Å²) in [7, 11) is 0. The maximum absolute atomic E-state index is 13.2. The lowest BCUT2D eigenvalue weighted by molar-refractivity contribution is -0.142. The summed E-state index contributed by atoms with van der Waals surface area (Å²) < 4.78 is 0. The topological polar surface area (TPSA) is 378 Å². The molecule has 0 heterocycles. The molecule has 0 saturated heterocycles. The van der Waals surface area contributed by atoms with E-state index in [0.717, 1.165) is 0 Å². The number of aliphatic hydroxyl groups excluding tert-OH is 2. The molecule has 0 aliphatic heterocycles. The van der Waals surface area contributed by atoms with Crippen LogP contribution in [0.25, 0.3) is 0 Å². The summed E-state index contributed by atoms with van der Waals surface area (Å²) in [6, 6.07) is -7.95. The largest absolute Gasteiger partial charge is 0.480 e. The zero-order valence-corrected chi connectivity index (χ0v) is 29.8. The number of carboxylic acid groups (broad SMARTS) is 1. The van der Waals surface area contributed by atoms with Crippen molar-refractivity contribution < 1.29 is 44.1 Å². The SMILES string of the molecule is CC(C)C[C@H](NC(=O)[C@H](CO)NC(=O)[C@H](CO)NC(=O)[C@H](CC(C)C)NC(=O)[C@@H](N)CCCN=C(N)N)C(=O)N[C@@H](CCCN=C(N)N)C(=O)O. The molecule has 0 saturated carbocycles. The molecular formula is C30H58N12O9. The van der Waals surface area contributed by atoms with Crippen molar-refractivity contribution >= 4 is 47.4 Å². The molecule has 0 aliphatic rings. The number of nitrogens with two attached hydrogens (primary N) is 5. The minimum absolute atomic E-state index is 0.0149. The minimum Gasteiger partial charge on any atom is -0.480 e. The van der Waals surface area contributed by atoms with Crippen LogP contribution in [0.1, 0.15) is 66.2 Å². The van der Waals surface area contributed by atoms with Crippen LogP contribution in [0.4, 0.5) is 0 Å². The molecule has 21 nitrogen and oxygen atoms in total. The molecule has 0 aromatic carbocycles. The quantitative estimate of drug-likeness (QED) is 0.0238. The van der Waals surface area contributed by atoms with Crippen molar-refractivity contribution in [2.24, 2.45) is 50.5 Å². The van der Waals surface area contributed by atoms with Crippen LogP contribution in [0.15, 0.2) is 9.98 Å². The lowest BCUT2D eigenvalue weighted by Crippen LogP contribution is -2.60. The molecule has 0 radical (unpaired) electrons. The van der Waals surface area contributed by atoms with Gasteiger partial charge in [0, 0.05) is 13.1 Å². The van der Waals surface area contributed by atoms with Gasteiger partial charge in [-0.3, -0.25) is 34.0 Å². The van der Waals surface area contributed by atoms with Gasteiger partial charge in [0.15, 0.2) is 11.9 Å². The molecule has 0 rings (SSSR count). The molecule has 5 amide bonds. The third-order valence-corrected chi connectivity index (χ3v) is 7.18. The second-order valence-electron chi connectivity index (χ2n) is 12.8. The Labute approximate surface area is 297 Å². The summed E-state index contributed by atoms with van der Waals surface area (Å²) in [5.41, 5.74) is 27.1. The van der Waals surface area contributed by atoms with Crippen LogP contribution in [0, 0.1) is 11.8 Å². The summed E-state index contributed by atoms with van der Waals surface area (Å²) in [6.45, 7) is 5.64. The number of guanidine groups is 2. The third-order valence-electron chi connectivity index (χ3n) is 7.18. The smallest absolute Gasteiger partial charge is 0.326 e. The van der Waals surface area contributed by atoms with E-state index in [4.69, 9.17) is 28.7 Å². The predicted octanol–water partition coefficient (Wildman–Crippen LogP) is -4.99. The van der Waals surface area contributed by atoms with E-state index in [2.05, 4.69) is 36.6 Å². The summed E-state index contributed by atoms with van der Waals surface area (Å²) in [5, 5.41) is 41.3. The zero-order chi connectivity index (χ0) is 39.3. The van der Waals surface area contributed by atoms with Crippen molar-refractivity contribution in [2.45, 2.75) is 102 Å². The molecule has 0 unspecified atom stereocenters. The van der Waals surface area contributed by atoms with E-state index >= 15 is 0 Å². The molecule has 51 heavy (non-hydrogen) atoms. The Bertz CT molecular complexity index is 1210. The molecule has 0 aromatic heterocycles. The van der Waals surface area contributed by atoms with Crippen molar-refractivity contribution in [2.75, 3.05) is 26.3 Å². The van der Waals surface area contributed by atoms with Crippen molar-refractivity contribution in [3.63, 3.8) is 0 Å². The molecule has 6 atom stereocenters. The fourth-order valence-corrected chi connectivity index (χ4v) is 4.57. The number of nitrogens with zero attached hydrogens (tertiary/aromatic N) is 2. The zero-order valence-electron chi connectivity index (χ0n) is 29.8. The number of nitrogens with one attached hydrogen (secondary N) is 5. The number of amides is 5. The second kappa shape index (κ2) is 24.4. The number of carboxylic acids is 1. The second-order valence-corrected chi connectivity index (χ2v) is 12.8. The van der Waals surface area contributed by atoms with Crippen LogP contribution in [0.2, 0.25) is 0 Å². The number of aliphatic hydroxyl groups is 2. The highest BCUT2D eigenvalue weighted by molar-refractivity contribution is 5.96. The molecule has 0 spiro atoms. The Morgan fingerprint density at radius 2 is 0.882 bits per heavy atom. The Morgan fingerprint density at radius 3 is 1.24 bits per heavy atom. The van der Waals surface area contributed by atoms with Gasteiger partial charge < -0.3 is 70.6 Å². The molecule has 0 aromatic rings. The van der Waals surface area contributed by atoms with E-state index in [1.165, 1.54) is 0 Å². The van der Waals surface area contributed by atoms with Crippen LogP contribution in [0.5, 0.6) is 0 Å². The Kier molecular flexibility index (Phi) is 22.1. The normalized spacial score (nSPS) is 14.5. The van der Waals surface area contributed by atoms with E-state index in [1.807, 2.05) is 0 Å². The van der Waals surface area contributed by atoms with Gasteiger partial charge in [0.2, 0.25) is 29.5 Å². The number of hydrogen-bond donors (Lipinski definition) is 13. The summed E-state index contributed by atoms with van der Waals surface area (Å²) in [6.07, 6.45) is 1.05. The van der Waals surface area contributed by atoms with Gasteiger partial charge >= 0.3 is 5.97 Å². The molecule has 18 N–H and O–H groups in total. The first kappa shape index (κ1) is 46.2. The van der Waals surface area contributed by atoms with Crippen molar-refractivity contribution in [1.29, 1.82) is 0 Å². The van der Waals surface area contributed by atoms with Crippen LogP contribution in [-0.4, -0.2) is 125 Å². The maximum atomic E-state index is 13.2. The molecule has 292 valence electrons. The maximum Gasteiger partial charge on any atom is 0.326 e. The number of hydrogen-bond acceptors (Lipinski definition) is 11. The molecule has 0 fully saturated rings. The van der Waals surface area contributed by atoms with E-state index < -0.39 is 85.0 Å². The average molecular weight is 731 g/mol. The van der Waals surface area contributed by atoms with Gasteiger partial charge in [-0.1, -0.05) is 27.7 Å².